The van der Waals surface area contributed by atoms with Gasteiger partial charge in [-0.2, -0.15) is 13.2 Å². The van der Waals surface area contributed by atoms with Gasteiger partial charge in [-0.3, -0.25) is 4.79 Å². The highest BCUT2D eigenvalue weighted by Crippen LogP contribution is 2.36. The zero-order chi connectivity index (χ0) is 14.2. The summed E-state index contributed by atoms with van der Waals surface area (Å²) in [5.41, 5.74) is -0.662. The van der Waals surface area contributed by atoms with Crippen molar-refractivity contribution in [3.05, 3.63) is 35.6 Å². The van der Waals surface area contributed by atoms with Gasteiger partial charge in [-0.1, -0.05) is 13.0 Å². The molecule has 1 unspecified atom stereocenters. The van der Waals surface area contributed by atoms with Crippen molar-refractivity contribution in [3.63, 3.8) is 0 Å². The van der Waals surface area contributed by atoms with Gasteiger partial charge in [0.2, 0.25) is 0 Å². The molecule has 0 amide bonds. The van der Waals surface area contributed by atoms with Crippen LogP contribution in [0.3, 0.4) is 0 Å². The number of hydrogen-bond acceptors (Lipinski definition) is 2. The van der Waals surface area contributed by atoms with Gasteiger partial charge >= 0.3 is 12.1 Å². The van der Waals surface area contributed by atoms with Crippen molar-refractivity contribution in [3.8, 4) is 0 Å². The highest BCUT2D eigenvalue weighted by Gasteiger charge is 2.33. The first-order chi connectivity index (χ1) is 8.79. The summed E-state index contributed by atoms with van der Waals surface area (Å²) in [5.74, 6) is -1.49. The topological polar surface area (TPSA) is 50.4 Å². The van der Waals surface area contributed by atoms with Crippen molar-refractivity contribution in [1.29, 1.82) is 0 Å². The molecule has 19 heavy (non-hydrogen) atoms. The normalized spacial score (nSPS) is 13.7. The van der Waals surface area contributed by atoms with E-state index in [1.54, 1.807) is 0 Å². The maximum absolute atomic E-state index is 12.8. The molecule has 6 heteroatoms. The van der Waals surface area contributed by atoms with E-state index in [1.807, 2.05) is 0 Å². The molecule has 0 radical (unpaired) electrons. The van der Waals surface area contributed by atoms with Crippen LogP contribution in [0.15, 0.2) is 28.7 Å². The van der Waals surface area contributed by atoms with Crippen molar-refractivity contribution in [1.82, 2.24) is 0 Å². The summed E-state index contributed by atoms with van der Waals surface area (Å²) in [6.07, 6.45) is -4.40. The Labute approximate surface area is 106 Å². The zero-order valence-corrected chi connectivity index (χ0v) is 9.99. The SMILES string of the molecule is CC(Cc1cc2c(C(F)(F)F)cccc2o1)C(=O)O. The summed E-state index contributed by atoms with van der Waals surface area (Å²) in [7, 11) is 0. The number of hydrogen-bond donors (Lipinski definition) is 1. The van der Waals surface area contributed by atoms with Crippen molar-refractivity contribution >= 4 is 16.9 Å². The lowest BCUT2D eigenvalue weighted by Gasteiger charge is -2.06. The molecular weight excluding hydrogens is 261 g/mol. The van der Waals surface area contributed by atoms with Gasteiger partial charge < -0.3 is 9.52 Å². The molecule has 1 aromatic heterocycles. The molecule has 0 aliphatic carbocycles. The first kappa shape index (κ1) is 13.5. The first-order valence-electron chi connectivity index (χ1n) is 5.60. The lowest BCUT2D eigenvalue weighted by atomic mass is 10.1. The molecule has 0 aliphatic heterocycles. The number of furan rings is 1. The predicted molar refractivity (Wildman–Crippen MR) is 61.7 cm³/mol. The molecule has 102 valence electrons. The van der Waals surface area contributed by atoms with Crippen LogP contribution in [0.4, 0.5) is 13.2 Å². The van der Waals surface area contributed by atoms with E-state index in [4.69, 9.17) is 9.52 Å². The Morgan fingerprint density at radius 3 is 2.68 bits per heavy atom. The molecule has 0 spiro atoms. The van der Waals surface area contributed by atoms with E-state index in [1.165, 1.54) is 25.1 Å². The van der Waals surface area contributed by atoms with E-state index in [9.17, 15) is 18.0 Å². The Morgan fingerprint density at radius 1 is 1.42 bits per heavy atom. The van der Waals surface area contributed by atoms with Gasteiger partial charge in [-0.25, -0.2) is 0 Å². The third-order valence-corrected chi connectivity index (χ3v) is 2.85. The van der Waals surface area contributed by atoms with Gasteiger partial charge in [-0.15, -0.1) is 0 Å². The molecular formula is C13H11F3O3. The van der Waals surface area contributed by atoms with E-state index in [-0.39, 0.29) is 23.2 Å². The third-order valence-electron chi connectivity index (χ3n) is 2.85. The van der Waals surface area contributed by atoms with Crippen molar-refractivity contribution in [2.45, 2.75) is 19.5 Å². The van der Waals surface area contributed by atoms with Crippen LogP contribution in [0.25, 0.3) is 11.0 Å². The molecule has 1 aromatic carbocycles. The van der Waals surface area contributed by atoms with Crippen LogP contribution < -0.4 is 0 Å². The van der Waals surface area contributed by atoms with Crippen LogP contribution in [-0.4, -0.2) is 11.1 Å². The fourth-order valence-corrected chi connectivity index (χ4v) is 1.85. The molecule has 0 saturated carbocycles. The second-order valence-corrected chi connectivity index (χ2v) is 4.37. The van der Waals surface area contributed by atoms with E-state index >= 15 is 0 Å². The lowest BCUT2D eigenvalue weighted by molar-refractivity contribution is -0.141. The number of carboxylic acids is 1. The Bertz CT molecular complexity index is 613. The minimum atomic E-state index is -4.46. The summed E-state index contributed by atoms with van der Waals surface area (Å²) in [4.78, 5) is 10.7. The summed E-state index contributed by atoms with van der Waals surface area (Å²) in [6, 6.07) is 4.93. The van der Waals surface area contributed by atoms with E-state index in [0.717, 1.165) is 6.07 Å². The van der Waals surface area contributed by atoms with Gasteiger partial charge in [0, 0.05) is 11.8 Å². The van der Waals surface area contributed by atoms with Gasteiger partial charge in [0.15, 0.2) is 0 Å². The number of rotatable bonds is 3. The molecule has 2 aromatic rings. The third kappa shape index (κ3) is 2.72. The number of carbonyl (C=O) groups is 1. The molecule has 0 aliphatic rings. The van der Waals surface area contributed by atoms with Crippen LogP contribution in [0.1, 0.15) is 18.2 Å². The summed E-state index contributed by atoms with van der Waals surface area (Å²) < 4.78 is 43.6. The van der Waals surface area contributed by atoms with Crippen molar-refractivity contribution < 1.29 is 27.5 Å². The maximum atomic E-state index is 12.8. The Balaban J connectivity index is 2.43. The average molecular weight is 272 g/mol. The maximum Gasteiger partial charge on any atom is 0.417 e. The van der Waals surface area contributed by atoms with Gasteiger partial charge in [0.1, 0.15) is 11.3 Å². The number of benzene rings is 1. The first-order valence-corrected chi connectivity index (χ1v) is 5.60. The molecule has 0 bridgehead atoms. The standard InChI is InChI=1S/C13H11F3O3/c1-7(12(17)18)5-8-6-9-10(13(14,15)16)3-2-4-11(9)19-8/h2-4,6-7H,5H2,1H3,(H,17,18). The second kappa shape index (κ2) is 4.60. The van der Waals surface area contributed by atoms with Gasteiger partial charge in [-0.05, 0) is 18.2 Å². The van der Waals surface area contributed by atoms with Crippen LogP contribution in [0.5, 0.6) is 0 Å². The second-order valence-electron chi connectivity index (χ2n) is 4.37. The molecule has 1 N–H and O–H groups in total. The van der Waals surface area contributed by atoms with Gasteiger partial charge in [0.05, 0.1) is 11.5 Å². The fourth-order valence-electron chi connectivity index (χ4n) is 1.85. The van der Waals surface area contributed by atoms with Crippen LogP contribution in [0.2, 0.25) is 0 Å². The number of alkyl halides is 3. The van der Waals surface area contributed by atoms with Crippen LogP contribution in [-0.2, 0) is 17.4 Å². The Kier molecular flexibility index (Phi) is 3.26. The summed E-state index contributed by atoms with van der Waals surface area (Å²) in [5, 5.41) is 8.74. The molecule has 0 fully saturated rings. The number of halogens is 3. The van der Waals surface area contributed by atoms with Crippen molar-refractivity contribution in [2.75, 3.05) is 0 Å². The molecule has 3 nitrogen and oxygen atoms in total. The average Bonchev–Trinajstić information content (AvgIpc) is 2.68. The van der Waals surface area contributed by atoms with E-state index in [2.05, 4.69) is 0 Å². The quantitative estimate of drug-likeness (QED) is 0.926. The highest BCUT2D eigenvalue weighted by molar-refractivity contribution is 5.82. The summed E-state index contributed by atoms with van der Waals surface area (Å²) in [6.45, 7) is 1.47. The summed E-state index contributed by atoms with van der Waals surface area (Å²) >= 11 is 0. The van der Waals surface area contributed by atoms with Gasteiger partial charge in [0.25, 0.3) is 0 Å². The number of carboxylic acid groups (broad SMARTS) is 1. The molecule has 0 saturated heterocycles. The largest absolute Gasteiger partial charge is 0.481 e. The fraction of sp³-hybridized carbons (Fsp3) is 0.308. The minimum absolute atomic E-state index is 0.0393. The van der Waals surface area contributed by atoms with E-state index < -0.39 is 23.6 Å². The van der Waals surface area contributed by atoms with E-state index in [0.29, 0.717) is 0 Å². The highest BCUT2D eigenvalue weighted by atomic mass is 19.4. The molecule has 1 heterocycles. The minimum Gasteiger partial charge on any atom is -0.481 e. The molecule has 1 atom stereocenters. The predicted octanol–water partition coefficient (Wildman–Crippen LogP) is 3.71. The Hall–Kier alpha value is -1.98. The number of fused-ring (bicyclic) bond motifs is 1. The Morgan fingerprint density at radius 2 is 2.11 bits per heavy atom. The zero-order valence-electron chi connectivity index (χ0n) is 9.99. The smallest absolute Gasteiger partial charge is 0.417 e. The van der Waals surface area contributed by atoms with Crippen molar-refractivity contribution in [2.24, 2.45) is 5.92 Å². The monoisotopic (exact) mass is 272 g/mol. The lowest BCUT2D eigenvalue weighted by Crippen LogP contribution is -2.11. The van der Waals surface area contributed by atoms with Crippen LogP contribution in [0, 0.1) is 5.92 Å². The van der Waals surface area contributed by atoms with Crippen LogP contribution >= 0.6 is 0 Å². The number of aliphatic carboxylic acids is 1. The molecule has 2 rings (SSSR count).